The summed E-state index contributed by atoms with van der Waals surface area (Å²) in [4.78, 5) is 9.45. The van der Waals surface area contributed by atoms with Crippen LogP contribution in [0.3, 0.4) is 0 Å². The molecule has 0 aliphatic rings. The highest BCUT2D eigenvalue weighted by Crippen LogP contribution is 2.22. The zero-order valence-corrected chi connectivity index (χ0v) is 8.54. The second-order valence-electron chi connectivity index (χ2n) is 2.69. The summed E-state index contributed by atoms with van der Waals surface area (Å²) >= 11 is 0. The Morgan fingerprint density at radius 3 is 2.13 bits per heavy atom. The lowest BCUT2D eigenvalue weighted by molar-refractivity contribution is -0.145. The third-order valence-corrected chi connectivity index (χ3v) is 1.44. The number of hydrogen-bond acceptors (Lipinski definition) is 4. The van der Waals surface area contributed by atoms with Crippen molar-refractivity contribution in [1.29, 1.82) is 0 Å². The first-order valence-electron chi connectivity index (χ1n) is 4.22. The number of aliphatic carboxylic acids is 1. The quantitative estimate of drug-likeness (QED) is 0.679. The highest BCUT2D eigenvalue weighted by atomic mass is 16.5. The second kappa shape index (κ2) is 6.67. The van der Waals surface area contributed by atoms with E-state index < -0.39 is 12.1 Å². The molecule has 1 atom stereocenters. The van der Waals surface area contributed by atoms with Gasteiger partial charge in [-0.1, -0.05) is 12.1 Å². The van der Waals surface area contributed by atoms with E-state index in [9.17, 15) is 4.79 Å². The molecule has 0 saturated heterocycles. The monoisotopic (exact) mass is 214 g/mol. The first kappa shape index (κ1) is 13.2. The predicted octanol–water partition coefficient (Wildman–Crippen LogP) is 0.853. The molecule has 0 radical (unpaired) electrons. The van der Waals surface area contributed by atoms with Crippen LogP contribution in [0, 0.1) is 0 Å². The lowest BCUT2D eigenvalue weighted by Gasteiger charge is -1.99. The van der Waals surface area contributed by atoms with Crippen LogP contribution in [-0.2, 0) is 4.79 Å². The number of hydrogen-bond donors (Lipinski definition) is 3. The number of phenolic OH excluding ortho intramolecular Hbond substituents is 1. The maximum atomic E-state index is 9.45. The molecule has 0 aliphatic carbocycles. The molecule has 0 bridgehead atoms. The van der Waals surface area contributed by atoms with E-state index in [1.54, 1.807) is 24.3 Å². The normalized spacial score (nSPS) is 10.9. The fraction of sp³-hybridized carbons (Fsp3) is 0.300. The van der Waals surface area contributed by atoms with Gasteiger partial charge < -0.3 is 20.1 Å². The van der Waals surface area contributed by atoms with Crippen LogP contribution < -0.4 is 4.74 Å². The fourth-order valence-electron chi connectivity index (χ4n) is 0.630. The average molecular weight is 214 g/mol. The largest absolute Gasteiger partial charge is 0.504 e. The van der Waals surface area contributed by atoms with Gasteiger partial charge in [0.05, 0.1) is 7.11 Å². The van der Waals surface area contributed by atoms with Crippen LogP contribution >= 0.6 is 0 Å². The summed E-state index contributed by atoms with van der Waals surface area (Å²) in [6.07, 6.45) is -1.23. The molecule has 0 aromatic heterocycles. The van der Waals surface area contributed by atoms with Crippen molar-refractivity contribution in [1.82, 2.24) is 0 Å². The van der Waals surface area contributed by atoms with Gasteiger partial charge in [-0.25, -0.2) is 4.79 Å². The number of rotatable bonds is 2. The number of ether oxygens (including phenoxy) is 1. The Kier molecular flexibility index (Phi) is 5.89. The number of carboxylic acid groups (broad SMARTS) is 1. The van der Waals surface area contributed by atoms with E-state index in [0.717, 1.165) is 0 Å². The standard InChI is InChI=1S/C7H8O2.C3H6O3/c1-9-7-5-3-2-4-6(7)8;1-2(4)3(5)6/h2-5,8H,1H3;2,4H,1H3,(H,5,6). The molecular formula is C10H14O5. The van der Waals surface area contributed by atoms with Gasteiger partial charge in [0.1, 0.15) is 6.10 Å². The number of phenols is 1. The lowest BCUT2D eigenvalue weighted by atomic mass is 10.3. The third-order valence-electron chi connectivity index (χ3n) is 1.44. The minimum absolute atomic E-state index is 0.181. The number of benzene rings is 1. The number of aromatic hydroxyl groups is 1. The van der Waals surface area contributed by atoms with Gasteiger partial charge in [-0.15, -0.1) is 0 Å². The smallest absolute Gasteiger partial charge is 0.332 e. The SMILES string of the molecule is CC(O)C(=O)O.COc1ccccc1O. The van der Waals surface area contributed by atoms with Crippen LogP contribution in [0.1, 0.15) is 6.92 Å². The highest BCUT2D eigenvalue weighted by Gasteiger charge is 2.01. The molecule has 5 heteroatoms. The molecule has 0 amide bonds. The van der Waals surface area contributed by atoms with Gasteiger partial charge >= 0.3 is 5.97 Å². The Labute approximate surface area is 87.6 Å². The summed E-state index contributed by atoms with van der Waals surface area (Å²) in [5.74, 6) is -0.493. The van der Waals surface area contributed by atoms with Crippen LogP contribution in [0.2, 0.25) is 0 Å². The zero-order valence-electron chi connectivity index (χ0n) is 8.54. The Balaban J connectivity index is 0.000000288. The molecule has 1 aromatic carbocycles. The Bertz CT molecular complexity index is 308. The molecule has 0 aliphatic heterocycles. The molecular weight excluding hydrogens is 200 g/mol. The van der Waals surface area contributed by atoms with Crippen molar-refractivity contribution in [3.63, 3.8) is 0 Å². The van der Waals surface area contributed by atoms with Crippen molar-refractivity contribution in [2.75, 3.05) is 7.11 Å². The van der Waals surface area contributed by atoms with Crippen LogP contribution in [0.5, 0.6) is 11.5 Å². The molecule has 1 aromatic rings. The molecule has 1 unspecified atom stereocenters. The Morgan fingerprint density at radius 1 is 1.40 bits per heavy atom. The van der Waals surface area contributed by atoms with Gasteiger partial charge in [0.25, 0.3) is 0 Å². The van der Waals surface area contributed by atoms with Crippen molar-refractivity contribution in [3.8, 4) is 11.5 Å². The number of carboxylic acids is 1. The highest BCUT2D eigenvalue weighted by molar-refractivity contribution is 5.71. The van der Waals surface area contributed by atoms with Crippen LogP contribution in [0.25, 0.3) is 0 Å². The minimum atomic E-state index is -1.23. The number of aliphatic hydroxyl groups excluding tert-OH is 1. The number of methoxy groups -OCH3 is 1. The van der Waals surface area contributed by atoms with Gasteiger partial charge in [-0.3, -0.25) is 0 Å². The van der Waals surface area contributed by atoms with E-state index in [-0.39, 0.29) is 5.75 Å². The van der Waals surface area contributed by atoms with Gasteiger partial charge in [0.2, 0.25) is 0 Å². The number of aliphatic hydroxyl groups is 1. The van der Waals surface area contributed by atoms with Crippen molar-refractivity contribution in [3.05, 3.63) is 24.3 Å². The molecule has 0 saturated carbocycles. The first-order chi connectivity index (χ1) is 6.99. The first-order valence-corrected chi connectivity index (χ1v) is 4.22. The topological polar surface area (TPSA) is 87.0 Å². The summed E-state index contributed by atoms with van der Waals surface area (Å²) in [5, 5.41) is 24.8. The molecule has 5 nitrogen and oxygen atoms in total. The molecule has 0 heterocycles. The molecule has 0 fully saturated rings. The minimum Gasteiger partial charge on any atom is -0.504 e. The van der Waals surface area contributed by atoms with Crippen molar-refractivity contribution < 1.29 is 24.9 Å². The molecule has 84 valence electrons. The maximum Gasteiger partial charge on any atom is 0.332 e. The Morgan fingerprint density at radius 2 is 1.87 bits per heavy atom. The molecule has 0 spiro atoms. The average Bonchev–Trinajstić information content (AvgIpc) is 2.19. The van der Waals surface area contributed by atoms with E-state index in [4.69, 9.17) is 20.1 Å². The molecule has 1 rings (SSSR count). The second-order valence-corrected chi connectivity index (χ2v) is 2.69. The van der Waals surface area contributed by atoms with E-state index in [2.05, 4.69) is 0 Å². The van der Waals surface area contributed by atoms with Crippen LogP contribution in [0.4, 0.5) is 0 Å². The maximum absolute atomic E-state index is 9.45. The molecule has 3 N–H and O–H groups in total. The van der Waals surface area contributed by atoms with E-state index in [1.807, 2.05) is 0 Å². The third kappa shape index (κ3) is 5.53. The summed E-state index contributed by atoms with van der Waals surface area (Å²) in [5.41, 5.74) is 0. The van der Waals surface area contributed by atoms with Gasteiger partial charge in [-0.2, -0.15) is 0 Å². The van der Waals surface area contributed by atoms with Crippen molar-refractivity contribution in [2.24, 2.45) is 0 Å². The van der Waals surface area contributed by atoms with E-state index >= 15 is 0 Å². The van der Waals surface area contributed by atoms with Gasteiger partial charge in [-0.05, 0) is 19.1 Å². The van der Waals surface area contributed by atoms with Crippen molar-refractivity contribution in [2.45, 2.75) is 13.0 Å². The van der Waals surface area contributed by atoms with E-state index in [0.29, 0.717) is 5.75 Å². The lowest BCUT2D eigenvalue weighted by Crippen LogP contribution is -2.13. The van der Waals surface area contributed by atoms with Gasteiger partial charge in [0.15, 0.2) is 11.5 Å². The van der Waals surface area contributed by atoms with Crippen molar-refractivity contribution >= 4 is 5.97 Å². The summed E-state index contributed by atoms with van der Waals surface area (Å²) in [6.45, 7) is 1.20. The van der Waals surface area contributed by atoms with Crippen LogP contribution in [-0.4, -0.2) is 34.5 Å². The zero-order chi connectivity index (χ0) is 11.8. The predicted molar refractivity (Wildman–Crippen MR) is 54.0 cm³/mol. The molecule has 15 heavy (non-hydrogen) atoms. The number of para-hydroxylation sites is 2. The fourth-order valence-corrected chi connectivity index (χ4v) is 0.630. The Hall–Kier alpha value is -1.75. The van der Waals surface area contributed by atoms with Crippen LogP contribution in [0.15, 0.2) is 24.3 Å². The summed E-state index contributed by atoms with van der Waals surface area (Å²) in [7, 11) is 1.52. The number of carbonyl (C=O) groups is 1. The summed E-state index contributed by atoms with van der Waals surface area (Å²) < 4.78 is 4.79. The van der Waals surface area contributed by atoms with E-state index in [1.165, 1.54) is 14.0 Å². The summed E-state index contributed by atoms with van der Waals surface area (Å²) in [6, 6.07) is 6.84. The van der Waals surface area contributed by atoms with Gasteiger partial charge in [0, 0.05) is 0 Å².